The highest BCUT2D eigenvalue weighted by Gasteiger charge is 2.48. The summed E-state index contributed by atoms with van der Waals surface area (Å²) in [7, 11) is 2.18. The maximum atomic E-state index is 10.2. The van der Waals surface area contributed by atoms with Crippen LogP contribution in [0, 0.1) is 11.8 Å². The standard InChI is InChI=1S/C23H31NO3/c1-24-11-10-23(9-8-19(25)13-22(23)24)18-6-7-20(26-14-16-2-3-16)21(12-18)27-15-17-4-5-17/h6-9,12,16-17,19,22,25H,2-5,10-11,13-15H2,1H3/t19-,22+,23+/m1/s1. The van der Waals surface area contributed by atoms with Crippen LogP contribution in [0.25, 0.3) is 0 Å². The van der Waals surface area contributed by atoms with Crippen molar-refractivity contribution in [3.05, 3.63) is 35.9 Å². The van der Waals surface area contributed by atoms with Crippen LogP contribution in [0.1, 0.15) is 44.1 Å². The predicted octanol–water partition coefficient (Wildman–Crippen LogP) is 3.53. The summed E-state index contributed by atoms with van der Waals surface area (Å²) < 4.78 is 12.3. The third-order valence-electron chi connectivity index (χ3n) is 6.91. The van der Waals surface area contributed by atoms with Gasteiger partial charge in [-0.25, -0.2) is 0 Å². The Morgan fingerprint density at radius 1 is 1.07 bits per heavy atom. The van der Waals surface area contributed by atoms with Gasteiger partial charge >= 0.3 is 0 Å². The zero-order valence-corrected chi connectivity index (χ0v) is 16.3. The largest absolute Gasteiger partial charge is 0.489 e. The Labute approximate surface area is 162 Å². The van der Waals surface area contributed by atoms with Gasteiger partial charge in [-0.05, 0) is 81.6 Å². The highest BCUT2D eigenvalue weighted by atomic mass is 16.5. The minimum Gasteiger partial charge on any atom is -0.489 e. The first-order valence-electron chi connectivity index (χ1n) is 10.6. The van der Waals surface area contributed by atoms with Gasteiger partial charge in [-0.3, -0.25) is 0 Å². The van der Waals surface area contributed by atoms with Crippen molar-refractivity contribution < 1.29 is 14.6 Å². The van der Waals surface area contributed by atoms with Gasteiger partial charge in [0.25, 0.3) is 0 Å². The molecule has 1 N–H and O–H groups in total. The van der Waals surface area contributed by atoms with Gasteiger partial charge in [-0.1, -0.05) is 18.2 Å². The molecule has 0 radical (unpaired) electrons. The first-order chi connectivity index (χ1) is 13.1. The number of likely N-dealkylation sites (N-methyl/N-ethyl adjacent to an activating group) is 1. The number of hydrogen-bond donors (Lipinski definition) is 1. The van der Waals surface area contributed by atoms with Crippen molar-refractivity contribution in [3.63, 3.8) is 0 Å². The molecule has 5 rings (SSSR count). The fraction of sp³-hybridized carbons (Fsp3) is 0.652. The van der Waals surface area contributed by atoms with E-state index in [9.17, 15) is 5.11 Å². The lowest BCUT2D eigenvalue weighted by atomic mass is 9.69. The molecule has 4 heteroatoms. The van der Waals surface area contributed by atoms with Crippen molar-refractivity contribution in [2.24, 2.45) is 11.8 Å². The Hall–Kier alpha value is -1.52. The van der Waals surface area contributed by atoms with Crippen molar-refractivity contribution in [2.45, 2.75) is 56.1 Å². The van der Waals surface area contributed by atoms with Crippen LogP contribution >= 0.6 is 0 Å². The van der Waals surface area contributed by atoms with Crippen LogP contribution in [0.5, 0.6) is 11.5 Å². The maximum absolute atomic E-state index is 10.2. The molecule has 2 saturated carbocycles. The molecule has 1 saturated heterocycles. The van der Waals surface area contributed by atoms with Crippen LogP contribution < -0.4 is 9.47 Å². The number of aliphatic hydroxyl groups is 1. The summed E-state index contributed by atoms with van der Waals surface area (Å²) in [4.78, 5) is 2.40. The highest BCUT2D eigenvalue weighted by molar-refractivity contribution is 5.49. The molecule has 1 heterocycles. The molecular weight excluding hydrogens is 338 g/mol. The molecule has 1 aromatic carbocycles. The molecule has 3 aliphatic carbocycles. The van der Waals surface area contributed by atoms with Gasteiger partial charge in [-0.15, -0.1) is 0 Å². The molecule has 1 aromatic rings. The summed E-state index contributed by atoms with van der Waals surface area (Å²) >= 11 is 0. The highest BCUT2D eigenvalue weighted by Crippen LogP contribution is 2.47. The van der Waals surface area contributed by atoms with Crippen LogP contribution in [0.15, 0.2) is 30.4 Å². The van der Waals surface area contributed by atoms with E-state index in [0.717, 1.165) is 55.9 Å². The molecule has 146 valence electrons. The Bertz CT molecular complexity index is 724. The van der Waals surface area contributed by atoms with E-state index in [1.54, 1.807) is 0 Å². The second-order valence-electron chi connectivity index (χ2n) is 9.12. The zero-order valence-electron chi connectivity index (χ0n) is 16.3. The molecule has 27 heavy (non-hydrogen) atoms. The van der Waals surface area contributed by atoms with Crippen molar-refractivity contribution in [2.75, 3.05) is 26.8 Å². The lowest BCUT2D eigenvalue weighted by Crippen LogP contribution is -2.44. The Morgan fingerprint density at radius 2 is 1.78 bits per heavy atom. The van der Waals surface area contributed by atoms with Crippen molar-refractivity contribution in [3.8, 4) is 11.5 Å². The normalized spacial score (nSPS) is 33.1. The summed E-state index contributed by atoms with van der Waals surface area (Å²) in [6.45, 7) is 2.66. The maximum Gasteiger partial charge on any atom is 0.161 e. The lowest BCUT2D eigenvalue weighted by Gasteiger charge is -2.39. The van der Waals surface area contributed by atoms with E-state index >= 15 is 0 Å². The van der Waals surface area contributed by atoms with E-state index in [-0.39, 0.29) is 11.5 Å². The predicted molar refractivity (Wildman–Crippen MR) is 105 cm³/mol. The topological polar surface area (TPSA) is 41.9 Å². The number of likely N-dealkylation sites (tertiary alicyclic amines) is 1. The monoisotopic (exact) mass is 369 g/mol. The van der Waals surface area contributed by atoms with Gasteiger partial charge in [0.05, 0.1) is 19.3 Å². The van der Waals surface area contributed by atoms with Gasteiger partial charge in [0, 0.05) is 11.5 Å². The van der Waals surface area contributed by atoms with Crippen LogP contribution in [0.3, 0.4) is 0 Å². The molecule has 4 aliphatic rings. The van der Waals surface area contributed by atoms with E-state index in [1.807, 2.05) is 6.08 Å². The molecule has 0 aromatic heterocycles. The number of ether oxygens (including phenoxy) is 2. The second-order valence-corrected chi connectivity index (χ2v) is 9.12. The van der Waals surface area contributed by atoms with Gasteiger partial charge in [0.2, 0.25) is 0 Å². The van der Waals surface area contributed by atoms with Gasteiger partial charge in [-0.2, -0.15) is 0 Å². The number of rotatable bonds is 7. The van der Waals surface area contributed by atoms with E-state index < -0.39 is 0 Å². The average Bonchev–Trinajstić information content (AvgIpc) is 3.59. The lowest BCUT2D eigenvalue weighted by molar-refractivity contribution is 0.137. The van der Waals surface area contributed by atoms with Crippen molar-refractivity contribution in [1.82, 2.24) is 4.90 Å². The van der Waals surface area contributed by atoms with Gasteiger partial charge in [0.15, 0.2) is 11.5 Å². The summed E-state index contributed by atoms with van der Waals surface area (Å²) in [5.41, 5.74) is 1.27. The smallest absolute Gasteiger partial charge is 0.161 e. The Kier molecular flexibility index (Phi) is 4.44. The number of fused-ring (bicyclic) bond motifs is 1. The molecule has 4 nitrogen and oxygen atoms in total. The van der Waals surface area contributed by atoms with Crippen molar-refractivity contribution in [1.29, 1.82) is 0 Å². The van der Waals surface area contributed by atoms with Crippen LogP contribution in [0.4, 0.5) is 0 Å². The molecule has 0 amide bonds. The second kappa shape index (κ2) is 6.82. The third-order valence-corrected chi connectivity index (χ3v) is 6.91. The summed E-state index contributed by atoms with van der Waals surface area (Å²) in [5, 5.41) is 10.2. The molecular formula is C23H31NO3. The minimum absolute atomic E-state index is 0.0271. The molecule has 0 unspecified atom stereocenters. The van der Waals surface area contributed by atoms with E-state index in [2.05, 4.69) is 36.2 Å². The summed E-state index contributed by atoms with van der Waals surface area (Å²) in [5.74, 6) is 3.25. The van der Waals surface area contributed by atoms with Crippen LogP contribution in [0.2, 0.25) is 0 Å². The molecule has 3 atom stereocenters. The SMILES string of the molecule is CN1CC[C@]2(c3ccc(OCC4CC4)c(OCC4CC4)c3)C=C[C@@H](O)C[C@H]12. The van der Waals surface area contributed by atoms with Gasteiger partial charge in [0.1, 0.15) is 0 Å². The molecule has 0 spiro atoms. The number of aliphatic hydroxyl groups excluding tert-OH is 1. The average molecular weight is 370 g/mol. The van der Waals surface area contributed by atoms with Crippen LogP contribution in [-0.4, -0.2) is 49.0 Å². The minimum atomic E-state index is -0.338. The first-order valence-corrected chi connectivity index (χ1v) is 10.6. The van der Waals surface area contributed by atoms with Crippen LogP contribution in [-0.2, 0) is 5.41 Å². The molecule has 1 aliphatic heterocycles. The number of hydrogen-bond acceptors (Lipinski definition) is 4. The number of benzene rings is 1. The van der Waals surface area contributed by atoms with E-state index in [0.29, 0.717) is 6.04 Å². The first kappa shape index (κ1) is 17.6. The fourth-order valence-corrected chi connectivity index (χ4v) is 4.70. The Morgan fingerprint density at radius 3 is 2.48 bits per heavy atom. The Balaban J connectivity index is 1.45. The zero-order chi connectivity index (χ0) is 18.4. The summed E-state index contributed by atoms with van der Waals surface area (Å²) in [6.07, 6.45) is 10.9. The fourth-order valence-electron chi connectivity index (χ4n) is 4.70. The summed E-state index contributed by atoms with van der Waals surface area (Å²) in [6, 6.07) is 6.90. The third kappa shape index (κ3) is 3.50. The van der Waals surface area contributed by atoms with E-state index in [4.69, 9.17) is 9.47 Å². The molecule has 0 bridgehead atoms. The molecule has 3 fully saturated rings. The quantitative estimate of drug-likeness (QED) is 0.747. The van der Waals surface area contributed by atoms with Gasteiger partial charge < -0.3 is 19.5 Å². The van der Waals surface area contributed by atoms with E-state index in [1.165, 1.54) is 31.2 Å². The number of nitrogens with zero attached hydrogens (tertiary/aromatic N) is 1. The van der Waals surface area contributed by atoms with Crippen molar-refractivity contribution >= 4 is 0 Å².